The van der Waals surface area contributed by atoms with E-state index >= 15 is 0 Å². The molecular weight excluding hydrogens is 212 g/mol. The highest BCUT2D eigenvalue weighted by molar-refractivity contribution is 5.10. The molecule has 0 amide bonds. The molecule has 2 aliphatic rings. The summed E-state index contributed by atoms with van der Waals surface area (Å²) < 4.78 is 5.95. The van der Waals surface area contributed by atoms with Crippen molar-refractivity contribution < 1.29 is 4.74 Å². The van der Waals surface area contributed by atoms with Gasteiger partial charge < -0.3 is 10.1 Å². The van der Waals surface area contributed by atoms with Crippen LogP contribution >= 0.6 is 0 Å². The van der Waals surface area contributed by atoms with Crippen LogP contribution in [0, 0.1) is 5.92 Å². The number of piperidine rings is 1. The molecule has 0 bridgehead atoms. The Morgan fingerprint density at radius 2 is 2.18 bits per heavy atom. The van der Waals surface area contributed by atoms with Gasteiger partial charge in [-0.3, -0.25) is 0 Å². The number of rotatable bonds is 3. The fourth-order valence-electron chi connectivity index (χ4n) is 2.81. The molecule has 3 nitrogen and oxygen atoms in total. The molecule has 1 aromatic rings. The minimum atomic E-state index is 0.344. The SMILES string of the molecule is c1ccc(OC2CCNC(C3CCC3)C2)nc1. The van der Waals surface area contributed by atoms with Gasteiger partial charge in [0.1, 0.15) is 6.10 Å². The van der Waals surface area contributed by atoms with Crippen LogP contribution in [0.15, 0.2) is 24.4 Å². The van der Waals surface area contributed by atoms with Crippen LogP contribution in [0.3, 0.4) is 0 Å². The monoisotopic (exact) mass is 232 g/mol. The summed E-state index contributed by atoms with van der Waals surface area (Å²) >= 11 is 0. The molecule has 1 aliphatic carbocycles. The van der Waals surface area contributed by atoms with Crippen molar-refractivity contribution in [2.24, 2.45) is 5.92 Å². The van der Waals surface area contributed by atoms with Crippen LogP contribution in [-0.2, 0) is 0 Å². The highest BCUT2D eigenvalue weighted by Crippen LogP contribution is 2.33. The molecule has 3 rings (SSSR count). The first-order valence-electron chi connectivity index (χ1n) is 6.73. The third kappa shape index (κ3) is 2.60. The minimum Gasteiger partial charge on any atom is -0.474 e. The quantitative estimate of drug-likeness (QED) is 0.869. The summed E-state index contributed by atoms with van der Waals surface area (Å²) in [6.45, 7) is 1.08. The lowest BCUT2D eigenvalue weighted by Gasteiger charge is -2.39. The molecule has 2 unspecified atom stereocenters. The number of hydrogen-bond donors (Lipinski definition) is 1. The second kappa shape index (κ2) is 5.05. The van der Waals surface area contributed by atoms with Crippen LogP contribution < -0.4 is 10.1 Å². The zero-order valence-corrected chi connectivity index (χ0v) is 10.1. The van der Waals surface area contributed by atoms with E-state index in [1.807, 2.05) is 18.2 Å². The molecule has 1 aliphatic heterocycles. The molecule has 1 saturated heterocycles. The van der Waals surface area contributed by atoms with Crippen molar-refractivity contribution in [1.29, 1.82) is 0 Å². The predicted molar refractivity (Wildman–Crippen MR) is 67.0 cm³/mol. The summed E-state index contributed by atoms with van der Waals surface area (Å²) in [4.78, 5) is 4.23. The molecule has 2 fully saturated rings. The van der Waals surface area contributed by atoms with E-state index in [0.29, 0.717) is 12.1 Å². The Bertz CT molecular complexity index is 350. The van der Waals surface area contributed by atoms with E-state index in [9.17, 15) is 0 Å². The molecule has 0 radical (unpaired) electrons. The van der Waals surface area contributed by atoms with Gasteiger partial charge in [-0.05, 0) is 44.2 Å². The Kier molecular flexibility index (Phi) is 3.27. The predicted octanol–water partition coefficient (Wildman–Crippen LogP) is 2.38. The van der Waals surface area contributed by atoms with Crippen LogP contribution in [0.4, 0.5) is 0 Å². The molecule has 92 valence electrons. The van der Waals surface area contributed by atoms with Gasteiger partial charge in [0.25, 0.3) is 0 Å². The van der Waals surface area contributed by atoms with Gasteiger partial charge in [-0.25, -0.2) is 4.98 Å². The van der Waals surface area contributed by atoms with Crippen molar-refractivity contribution in [1.82, 2.24) is 10.3 Å². The minimum absolute atomic E-state index is 0.344. The Balaban J connectivity index is 1.56. The van der Waals surface area contributed by atoms with Crippen LogP contribution in [0.5, 0.6) is 5.88 Å². The van der Waals surface area contributed by atoms with Crippen molar-refractivity contribution >= 4 is 0 Å². The molecule has 1 aromatic heterocycles. The Morgan fingerprint density at radius 1 is 1.24 bits per heavy atom. The molecular formula is C14H20N2O. The lowest BCUT2D eigenvalue weighted by atomic mass is 9.76. The van der Waals surface area contributed by atoms with Crippen LogP contribution in [-0.4, -0.2) is 23.7 Å². The van der Waals surface area contributed by atoms with Crippen molar-refractivity contribution in [3.05, 3.63) is 24.4 Å². The van der Waals surface area contributed by atoms with E-state index in [2.05, 4.69) is 10.3 Å². The highest BCUT2D eigenvalue weighted by atomic mass is 16.5. The molecule has 3 heteroatoms. The van der Waals surface area contributed by atoms with Gasteiger partial charge in [0.15, 0.2) is 0 Å². The fourth-order valence-corrected chi connectivity index (χ4v) is 2.81. The van der Waals surface area contributed by atoms with Crippen LogP contribution in [0.25, 0.3) is 0 Å². The van der Waals surface area contributed by atoms with Gasteiger partial charge in [-0.15, -0.1) is 0 Å². The van der Waals surface area contributed by atoms with Crippen molar-refractivity contribution in [3.8, 4) is 5.88 Å². The van der Waals surface area contributed by atoms with E-state index in [4.69, 9.17) is 4.74 Å². The van der Waals surface area contributed by atoms with Gasteiger partial charge in [0, 0.05) is 18.3 Å². The molecule has 0 aromatic carbocycles. The lowest BCUT2D eigenvalue weighted by Crippen LogP contribution is -2.48. The van der Waals surface area contributed by atoms with Crippen molar-refractivity contribution in [2.45, 2.75) is 44.2 Å². The normalized spacial score (nSPS) is 29.6. The summed E-state index contributed by atoms with van der Waals surface area (Å²) in [6, 6.07) is 6.52. The number of nitrogens with one attached hydrogen (secondary N) is 1. The Labute approximate surface area is 103 Å². The first-order valence-corrected chi connectivity index (χ1v) is 6.73. The van der Waals surface area contributed by atoms with Crippen molar-refractivity contribution in [3.63, 3.8) is 0 Å². The number of aromatic nitrogens is 1. The van der Waals surface area contributed by atoms with E-state index < -0.39 is 0 Å². The smallest absolute Gasteiger partial charge is 0.213 e. The fraction of sp³-hybridized carbons (Fsp3) is 0.643. The third-order valence-electron chi connectivity index (χ3n) is 4.03. The second-order valence-electron chi connectivity index (χ2n) is 5.18. The summed E-state index contributed by atoms with van der Waals surface area (Å²) in [7, 11) is 0. The van der Waals surface area contributed by atoms with Gasteiger partial charge >= 0.3 is 0 Å². The van der Waals surface area contributed by atoms with E-state index in [1.165, 1.54) is 19.3 Å². The molecule has 2 atom stereocenters. The van der Waals surface area contributed by atoms with Crippen LogP contribution in [0.2, 0.25) is 0 Å². The zero-order valence-electron chi connectivity index (χ0n) is 10.1. The third-order valence-corrected chi connectivity index (χ3v) is 4.03. The van der Waals surface area contributed by atoms with E-state index in [1.54, 1.807) is 6.20 Å². The lowest BCUT2D eigenvalue weighted by molar-refractivity contribution is 0.0960. The van der Waals surface area contributed by atoms with Gasteiger partial charge in [-0.2, -0.15) is 0 Å². The topological polar surface area (TPSA) is 34.1 Å². The highest BCUT2D eigenvalue weighted by Gasteiger charge is 2.32. The maximum absolute atomic E-state index is 5.95. The van der Waals surface area contributed by atoms with Gasteiger partial charge in [-0.1, -0.05) is 12.5 Å². The standard InChI is InChI=1S/C14H20N2O/c1-2-8-16-14(6-1)17-12-7-9-15-13(10-12)11-4-3-5-11/h1-2,6,8,11-13,15H,3-5,7,9-10H2. The maximum atomic E-state index is 5.95. The molecule has 1 N–H and O–H groups in total. The van der Waals surface area contributed by atoms with Crippen molar-refractivity contribution in [2.75, 3.05) is 6.54 Å². The average Bonchev–Trinajstić information content (AvgIpc) is 2.28. The second-order valence-corrected chi connectivity index (χ2v) is 5.18. The number of ether oxygens (including phenoxy) is 1. The first-order chi connectivity index (χ1) is 8.42. The van der Waals surface area contributed by atoms with E-state index in [0.717, 1.165) is 31.2 Å². The number of hydrogen-bond acceptors (Lipinski definition) is 3. The largest absolute Gasteiger partial charge is 0.474 e. The van der Waals surface area contributed by atoms with Gasteiger partial charge in [0.05, 0.1) is 0 Å². The average molecular weight is 232 g/mol. The molecule has 1 saturated carbocycles. The van der Waals surface area contributed by atoms with E-state index in [-0.39, 0.29) is 0 Å². The van der Waals surface area contributed by atoms with Crippen LogP contribution in [0.1, 0.15) is 32.1 Å². The molecule has 2 heterocycles. The number of pyridine rings is 1. The summed E-state index contributed by atoms with van der Waals surface area (Å²) in [5, 5.41) is 3.64. The molecule has 17 heavy (non-hydrogen) atoms. The summed E-state index contributed by atoms with van der Waals surface area (Å²) in [5.41, 5.74) is 0. The summed E-state index contributed by atoms with van der Waals surface area (Å²) in [5.74, 6) is 1.66. The molecule has 0 spiro atoms. The zero-order chi connectivity index (χ0) is 11.5. The number of nitrogens with zero attached hydrogens (tertiary/aromatic N) is 1. The Morgan fingerprint density at radius 3 is 2.88 bits per heavy atom. The maximum Gasteiger partial charge on any atom is 0.213 e. The summed E-state index contributed by atoms with van der Waals surface area (Å²) in [6.07, 6.45) is 8.58. The van der Waals surface area contributed by atoms with Gasteiger partial charge in [0.2, 0.25) is 5.88 Å². The Hall–Kier alpha value is -1.09. The first kappa shape index (κ1) is 11.0.